The number of hydrogen-bond acceptors (Lipinski definition) is 1. The molecule has 0 aliphatic rings. The summed E-state index contributed by atoms with van der Waals surface area (Å²) in [6.45, 7) is 1.81. The van der Waals surface area contributed by atoms with Gasteiger partial charge in [-0.3, -0.25) is 0 Å². The number of para-hydroxylation sites is 1. The van der Waals surface area contributed by atoms with Crippen LogP contribution in [0, 0.1) is 6.92 Å². The molecule has 0 aliphatic carbocycles. The van der Waals surface area contributed by atoms with Gasteiger partial charge in [0.25, 0.3) is 0 Å². The Bertz CT molecular complexity index is 806. The van der Waals surface area contributed by atoms with Crippen LogP contribution in [0.1, 0.15) is 16.1 Å². The summed E-state index contributed by atoms with van der Waals surface area (Å²) in [6.07, 6.45) is 0. The van der Waals surface area contributed by atoms with E-state index in [0.717, 1.165) is 22.2 Å². The molecule has 1 heterocycles. The van der Waals surface area contributed by atoms with Crippen molar-refractivity contribution in [3.05, 3.63) is 64.8 Å². The van der Waals surface area contributed by atoms with Crippen LogP contribution in [0.25, 0.3) is 16.6 Å². The van der Waals surface area contributed by atoms with E-state index in [1.807, 2.05) is 43.3 Å². The molecule has 4 heteroatoms. The Labute approximate surface area is 121 Å². The number of aryl methyl sites for hydroxylation is 1. The van der Waals surface area contributed by atoms with E-state index in [0.29, 0.717) is 5.02 Å². The molecule has 0 unspecified atom stereocenters. The minimum atomic E-state index is -0.946. The van der Waals surface area contributed by atoms with Crippen LogP contribution in [0.2, 0.25) is 5.02 Å². The number of rotatable bonds is 2. The molecular weight excluding hydrogens is 274 g/mol. The predicted octanol–water partition coefficient (Wildman–Crippen LogP) is 4.29. The molecule has 1 aromatic heterocycles. The van der Waals surface area contributed by atoms with Gasteiger partial charge < -0.3 is 9.67 Å². The molecule has 3 nitrogen and oxygen atoms in total. The van der Waals surface area contributed by atoms with Crippen molar-refractivity contribution < 1.29 is 9.90 Å². The number of halogens is 1. The van der Waals surface area contributed by atoms with Crippen LogP contribution in [0.4, 0.5) is 0 Å². The van der Waals surface area contributed by atoms with Crippen LogP contribution >= 0.6 is 11.6 Å². The van der Waals surface area contributed by atoms with Crippen molar-refractivity contribution in [2.75, 3.05) is 0 Å². The maximum absolute atomic E-state index is 11.6. The Morgan fingerprint density at radius 3 is 2.50 bits per heavy atom. The Kier molecular flexibility index (Phi) is 2.99. The van der Waals surface area contributed by atoms with E-state index in [4.69, 9.17) is 11.6 Å². The number of fused-ring (bicyclic) bond motifs is 1. The second-order valence-electron chi connectivity index (χ2n) is 4.61. The molecule has 2 aromatic carbocycles. The molecular formula is C16H12ClNO2. The zero-order valence-electron chi connectivity index (χ0n) is 10.8. The van der Waals surface area contributed by atoms with E-state index in [1.54, 1.807) is 16.7 Å². The van der Waals surface area contributed by atoms with Crippen LogP contribution in [0.5, 0.6) is 0 Å². The summed E-state index contributed by atoms with van der Waals surface area (Å²) in [6, 6.07) is 14.9. The largest absolute Gasteiger partial charge is 0.477 e. The van der Waals surface area contributed by atoms with Gasteiger partial charge in [0.1, 0.15) is 5.69 Å². The van der Waals surface area contributed by atoms with Crippen molar-refractivity contribution in [1.29, 1.82) is 0 Å². The monoisotopic (exact) mass is 285 g/mol. The van der Waals surface area contributed by atoms with E-state index in [9.17, 15) is 9.90 Å². The van der Waals surface area contributed by atoms with Gasteiger partial charge in [0.15, 0.2) is 0 Å². The van der Waals surface area contributed by atoms with Gasteiger partial charge in [-0.1, -0.05) is 29.8 Å². The van der Waals surface area contributed by atoms with Crippen LogP contribution in [0.3, 0.4) is 0 Å². The maximum Gasteiger partial charge on any atom is 0.353 e. The summed E-state index contributed by atoms with van der Waals surface area (Å²) < 4.78 is 1.75. The fraction of sp³-hybridized carbons (Fsp3) is 0.0625. The second-order valence-corrected chi connectivity index (χ2v) is 5.05. The van der Waals surface area contributed by atoms with Gasteiger partial charge in [-0.25, -0.2) is 4.79 Å². The molecule has 3 aromatic rings. The van der Waals surface area contributed by atoms with Crippen LogP contribution < -0.4 is 0 Å². The van der Waals surface area contributed by atoms with Crippen molar-refractivity contribution in [3.63, 3.8) is 0 Å². The number of carboxylic acids is 1. The summed E-state index contributed by atoms with van der Waals surface area (Å²) >= 11 is 6.02. The Hall–Kier alpha value is -2.26. The Balaban J connectivity index is 2.46. The second kappa shape index (κ2) is 4.69. The first-order valence-electron chi connectivity index (χ1n) is 6.19. The van der Waals surface area contributed by atoms with Gasteiger partial charge in [0, 0.05) is 16.1 Å². The first kappa shape index (κ1) is 12.8. The molecule has 0 saturated carbocycles. The number of hydrogen-bond donors (Lipinski definition) is 1. The number of carboxylic acid groups (broad SMARTS) is 1. The third kappa shape index (κ3) is 1.87. The first-order valence-corrected chi connectivity index (χ1v) is 6.56. The molecule has 0 atom stereocenters. The van der Waals surface area contributed by atoms with Crippen molar-refractivity contribution in [1.82, 2.24) is 4.57 Å². The number of benzene rings is 2. The molecule has 0 spiro atoms. The average Bonchev–Trinajstić information content (AvgIpc) is 2.73. The molecule has 0 amide bonds. The lowest BCUT2D eigenvalue weighted by Crippen LogP contribution is -2.07. The van der Waals surface area contributed by atoms with Crippen LogP contribution in [-0.4, -0.2) is 15.6 Å². The van der Waals surface area contributed by atoms with Crippen LogP contribution in [-0.2, 0) is 0 Å². The number of aromatic nitrogens is 1. The van der Waals surface area contributed by atoms with E-state index in [2.05, 4.69) is 0 Å². The van der Waals surface area contributed by atoms with Gasteiger partial charge >= 0.3 is 5.97 Å². The fourth-order valence-corrected chi connectivity index (χ4v) is 2.69. The van der Waals surface area contributed by atoms with Gasteiger partial charge in [0.05, 0.1) is 5.52 Å². The smallest absolute Gasteiger partial charge is 0.353 e. The normalized spacial score (nSPS) is 10.9. The summed E-state index contributed by atoms with van der Waals surface area (Å²) in [5.74, 6) is -0.946. The minimum Gasteiger partial charge on any atom is -0.477 e. The molecule has 0 radical (unpaired) electrons. The highest BCUT2D eigenvalue weighted by molar-refractivity contribution is 6.31. The van der Waals surface area contributed by atoms with E-state index in [-0.39, 0.29) is 5.69 Å². The van der Waals surface area contributed by atoms with E-state index in [1.165, 1.54) is 0 Å². The van der Waals surface area contributed by atoms with Crippen molar-refractivity contribution in [2.24, 2.45) is 0 Å². The highest BCUT2D eigenvalue weighted by atomic mass is 35.5. The molecule has 0 aliphatic heterocycles. The summed E-state index contributed by atoms with van der Waals surface area (Å²) in [5, 5.41) is 11.0. The highest BCUT2D eigenvalue weighted by Crippen LogP contribution is 2.31. The van der Waals surface area contributed by atoms with Gasteiger partial charge in [0.2, 0.25) is 0 Å². The van der Waals surface area contributed by atoms with Gasteiger partial charge in [-0.2, -0.15) is 0 Å². The Morgan fingerprint density at radius 1 is 1.15 bits per heavy atom. The summed E-state index contributed by atoms with van der Waals surface area (Å²) in [4.78, 5) is 11.6. The highest BCUT2D eigenvalue weighted by Gasteiger charge is 2.20. The number of nitrogens with zero attached hydrogens (tertiary/aromatic N) is 1. The fourth-order valence-electron chi connectivity index (χ4n) is 2.52. The van der Waals surface area contributed by atoms with E-state index < -0.39 is 5.97 Å². The van der Waals surface area contributed by atoms with E-state index >= 15 is 0 Å². The van der Waals surface area contributed by atoms with Gasteiger partial charge in [-0.15, -0.1) is 0 Å². The first-order chi connectivity index (χ1) is 9.59. The molecule has 0 bridgehead atoms. The molecule has 0 fully saturated rings. The predicted molar refractivity (Wildman–Crippen MR) is 80.0 cm³/mol. The molecule has 3 rings (SSSR count). The quantitative estimate of drug-likeness (QED) is 0.763. The summed E-state index contributed by atoms with van der Waals surface area (Å²) in [7, 11) is 0. The lowest BCUT2D eigenvalue weighted by molar-refractivity contribution is 0.0688. The standard InChI is InChI=1S/C16H12ClNO2/c1-10-13-9-11(17)7-8-14(13)18(15(10)16(19)20)12-5-3-2-4-6-12/h2-9H,1H3,(H,19,20). The SMILES string of the molecule is Cc1c(C(=O)O)n(-c2ccccc2)c2ccc(Cl)cc12. The maximum atomic E-state index is 11.6. The third-order valence-corrected chi connectivity index (χ3v) is 3.63. The third-order valence-electron chi connectivity index (χ3n) is 3.40. The number of aromatic carboxylic acids is 1. The van der Waals surface area contributed by atoms with Crippen molar-refractivity contribution in [2.45, 2.75) is 6.92 Å². The molecule has 20 heavy (non-hydrogen) atoms. The van der Waals surface area contributed by atoms with Crippen molar-refractivity contribution >= 4 is 28.5 Å². The lowest BCUT2D eigenvalue weighted by atomic mass is 10.1. The minimum absolute atomic E-state index is 0.272. The zero-order chi connectivity index (χ0) is 14.3. The van der Waals surface area contributed by atoms with Gasteiger partial charge in [-0.05, 0) is 42.8 Å². The lowest BCUT2D eigenvalue weighted by Gasteiger charge is -2.08. The Morgan fingerprint density at radius 2 is 1.85 bits per heavy atom. The summed E-state index contributed by atoms with van der Waals surface area (Å²) in [5.41, 5.74) is 2.66. The molecule has 1 N–H and O–H groups in total. The van der Waals surface area contributed by atoms with Crippen LogP contribution in [0.15, 0.2) is 48.5 Å². The van der Waals surface area contributed by atoms with Crippen molar-refractivity contribution in [3.8, 4) is 5.69 Å². The molecule has 100 valence electrons. The average molecular weight is 286 g/mol. The zero-order valence-corrected chi connectivity index (χ0v) is 11.6. The molecule has 0 saturated heterocycles. The number of carbonyl (C=O) groups is 1. The topological polar surface area (TPSA) is 42.2 Å².